The number of carbonyl (C=O) groups excluding carboxylic acids is 1. The summed E-state index contributed by atoms with van der Waals surface area (Å²) in [7, 11) is 4.35. The maximum absolute atomic E-state index is 13.7. The van der Waals surface area contributed by atoms with Crippen molar-refractivity contribution in [2.75, 3.05) is 34.4 Å². The number of methoxy groups -OCH3 is 3. The number of ether oxygens (including phenoxy) is 5. The first-order chi connectivity index (χ1) is 23.4. The van der Waals surface area contributed by atoms with Crippen LogP contribution in [0.5, 0.6) is 17.2 Å². The fourth-order valence-corrected chi connectivity index (χ4v) is 12.8. The SMILES string of the molecule is COc1cc(C(=O)OC2CC[C@]3(C)C4CCC5[C@]6(O)CC(O)[C@]7(O)C(CN8CC(C)CCC8[C@]7(C)O)[C@]6(O)C[C@@]53O[C@]24O)cc(OC)c1OC. The highest BCUT2D eigenvalue weighted by Crippen LogP contribution is 2.78. The summed E-state index contributed by atoms with van der Waals surface area (Å²) in [6.45, 7) is 6.54. The van der Waals surface area contributed by atoms with Crippen molar-refractivity contribution < 1.29 is 59.1 Å². The van der Waals surface area contributed by atoms with Crippen molar-refractivity contribution in [2.45, 2.75) is 124 Å². The van der Waals surface area contributed by atoms with Crippen molar-refractivity contribution >= 4 is 5.97 Å². The van der Waals surface area contributed by atoms with Gasteiger partial charge in [-0.25, -0.2) is 4.79 Å². The van der Waals surface area contributed by atoms with Crippen molar-refractivity contribution in [3.63, 3.8) is 0 Å². The number of aliphatic hydroxyl groups excluding tert-OH is 1. The zero-order valence-electron chi connectivity index (χ0n) is 29.8. The molecule has 3 heterocycles. The van der Waals surface area contributed by atoms with E-state index in [2.05, 4.69) is 11.8 Å². The van der Waals surface area contributed by atoms with Gasteiger partial charge < -0.3 is 54.3 Å². The minimum Gasteiger partial charge on any atom is -0.493 e. The Morgan fingerprint density at radius 2 is 1.52 bits per heavy atom. The van der Waals surface area contributed by atoms with Gasteiger partial charge in [0.05, 0.1) is 38.6 Å². The molecule has 14 atom stereocenters. The third kappa shape index (κ3) is 3.88. The van der Waals surface area contributed by atoms with E-state index in [1.54, 1.807) is 6.92 Å². The van der Waals surface area contributed by atoms with Crippen LogP contribution in [0.4, 0.5) is 0 Å². The molecule has 0 amide bonds. The fourth-order valence-electron chi connectivity index (χ4n) is 12.8. The molecule has 1 aromatic rings. The first-order valence-corrected chi connectivity index (χ1v) is 18.2. The molecule has 4 aliphatic carbocycles. The lowest BCUT2D eigenvalue weighted by atomic mass is 9.49. The fraction of sp³-hybridized carbons (Fsp3) is 0.811. The number of esters is 1. The van der Waals surface area contributed by atoms with Gasteiger partial charge in [0.15, 0.2) is 17.6 Å². The number of piperidine rings is 2. The normalized spacial score (nSPS) is 51.9. The Bertz CT molecular complexity index is 1560. The maximum Gasteiger partial charge on any atom is 0.338 e. The number of aliphatic hydroxyl groups is 6. The monoisotopic (exact) mass is 703 g/mol. The van der Waals surface area contributed by atoms with Crippen LogP contribution in [-0.4, -0.2) is 128 Å². The van der Waals surface area contributed by atoms with Crippen LogP contribution in [0.3, 0.4) is 0 Å². The summed E-state index contributed by atoms with van der Waals surface area (Å²) in [4.78, 5) is 15.8. The summed E-state index contributed by atoms with van der Waals surface area (Å²) in [5.41, 5.74) is -9.64. The highest BCUT2D eigenvalue weighted by molar-refractivity contribution is 5.91. The molecule has 0 radical (unpaired) electrons. The number of hydrogen-bond acceptors (Lipinski definition) is 13. The van der Waals surface area contributed by atoms with E-state index in [0.29, 0.717) is 43.9 Å². The molecule has 0 aromatic heterocycles. The van der Waals surface area contributed by atoms with Gasteiger partial charge >= 0.3 is 5.97 Å². The van der Waals surface area contributed by atoms with Crippen LogP contribution < -0.4 is 14.2 Å². The molecule has 3 saturated heterocycles. The van der Waals surface area contributed by atoms with Gasteiger partial charge in [0.2, 0.25) is 11.5 Å². The standard InChI is InChI=1S/C37H53NO12/c1-19-7-10-26-32(3,41)36(44)25(17-38(26)16-19)34(43)18-35-24(33(34,42)15-27(36)39)9-8-23-31(35,2)12-11-28(37(23,45)50-35)49-30(40)20-13-21(46-4)29(48-6)22(14-20)47-5/h13-14,19,23-28,39,41-45H,7-12,15-18H2,1-6H3/t19?,23?,24?,25?,26?,27?,28?,31-,32+,33-,34-,35-,36-,37+/m1/s1. The quantitative estimate of drug-likeness (QED) is 0.242. The first-order valence-electron chi connectivity index (χ1n) is 18.2. The lowest BCUT2D eigenvalue weighted by Crippen LogP contribution is -2.85. The summed E-state index contributed by atoms with van der Waals surface area (Å²) in [6.07, 6.45) is -0.0196. The van der Waals surface area contributed by atoms with Gasteiger partial charge in [-0.1, -0.05) is 13.8 Å². The van der Waals surface area contributed by atoms with E-state index >= 15 is 0 Å². The van der Waals surface area contributed by atoms with Gasteiger partial charge in [0, 0.05) is 55.1 Å². The first kappa shape index (κ1) is 34.8. The third-order valence-corrected chi connectivity index (χ3v) is 15.2. The molecule has 4 saturated carbocycles. The van der Waals surface area contributed by atoms with Gasteiger partial charge in [-0.3, -0.25) is 4.90 Å². The van der Waals surface area contributed by atoms with E-state index in [9.17, 15) is 35.4 Å². The molecule has 1 spiro atoms. The van der Waals surface area contributed by atoms with Gasteiger partial charge in [-0.15, -0.1) is 0 Å². The Morgan fingerprint density at radius 1 is 0.860 bits per heavy atom. The van der Waals surface area contributed by atoms with Crippen LogP contribution in [0.15, 0.2) is 12.1 Å². The minimum absolute atomic E-state index is 0.117. The molecule has 50 heavy (non-hydrogen) atoms. The molecule has 8 rings (SSSR count). The highest BCUT2D eigenvalue weighted by Gasteiger charge is 2.88. The third-order valence-electron chi connectivity index (χ3n) is 15.2. The summed E-state index contributed by atoms with van der Waals surface area (Å²) in [5, 5.41) is 74.9. The predicted molar refractivity (Wildman–Crippen MR) is 176 cm³/mol. The molecular weight excluding hydrogens is 650 g/mol. The Labute approximate surface area is 292 Å². The molecular formula is C37H53NO12. The highest BCUT2D eigenvalue weighted by atomic mass is 16.7. The van der Waals surface area contributed by atoms with Crippen LogP contribution in [0.25, 0.3) is 0 Å². The van der Waals surface area contributed by atoms with Gasteiger partial charge in [-0.05, 0) is 63.5 Å². The zero-order valence-corrected chi connectivity index (χ0v) is 29.8. The zero-order chi connectivity index (χ0) is 36.0. The van der Waals surface area contributed by atoms with Crippen LogP contribution in [-0.2, 0) is 9.47 Å². The molecule has 13 nitrogen and oxygen atoms in total. The molecule has 7 aliphatic rings. The molecule has 13 heteroatoms. The molecule has 3 aliphatic heterocycles. The molecule has 6 N–H and O–H groups in total. The number of nitrogens with zero attached hydrogens (tertiary/aromatic N) is 1. The van der Waals surface area contributed by atoms with E-state index < -0.39 is 81.2 Å². The summed E-state index contributed by atoms with van der Waals surface area (Å²) < 4.78 is 29.2. The molecule has 4 bridgehead atoms. The van der Waals surface area contributed by atoms with Gasteiger partial charge in [0.1, 0.15) is 22.4 Å². The second-order valence-corrected chi connectivity index (χ2v) is 17.1. The average molecular weight is 704 g/mol. The van der Waals surface area contributed by atoms with Crippen LogP contribution in [0, 0.1) is 29.1 Å². The Hall–Kier alpha value is -2.23. The Balaban J connectivity index is 1.16. The topological polar surface area (TPSA) is 188 Å². The molecule has 1 aromatic carbocycles. The van der Waals surface area contributed by atoms with Crippen molar-refractivity contribution in [2.24, 2.45) is 29.1 Å². The minimum atomic E-state index is -2.11. The summed E-state index contributed by atoms with van der Waals surface area (Å²) >= 11 is 0. The van der Waals surface area contributed by atoms with Crippen LogP contribution >= 0.6 is 0 Å². The second-order valence-electron chi connectivity index (χ2n) is 17.1. The smallest absolute Gasteiger partial charge is 0.338 e. The molecule has 7 fully saturated rings. The lowest BCUT2D eigenvalue weighted by molar-refractivity contribution is -0.354. The van der Waals surface area contributed by atoms with Gasteiger partial charge in [0.25, 0.3) is 0 Å². The maximum atomic E-state index is 13.7. The number of benzene rings is 1. The van der Waals surface area contributed by atoms with Crippen molar-refractivity contribution in [1.82, 2.24) is 4.90 Å². The lowest BCUT2D eigenvalue weighted by Gasteiger charge is -2.68. The van der Waals surface area contributed by atoms with E-state index in [1.807, 2.05) is 6.92 Å². The van der Waals surface area contributed by atoms with Crippen molar-refractivity contribution in [1.29, 1.82) is 0 Å². The number of carbonyl (C=O) groups is 1. The largest absolute Gasteiger partial charge is 0.493 e. The van der Waals surface area contributed by atoms with Crippen molar-refractivity contribution in [3.8, 4) is 17.2 Å². The van der Waals surface area contributed by atoms with E-state index in [-0.39, 0.29) is 42.9 Å². The van der Waals surface area contributed by atoms with Crippen LogP contribution in [0.1, 0.15) is 82.5 Å². The average Bonchev–Trinajstić information content (AvgIpc) is 3.24. The Morgan fingerprint density at radius 3 is 2.16 bits per heavy atom. The number of fused-ring (bicyclic) bond motifs is 5. The molecule has 278 valence electrons. The summed E-state index contributed by atoms with van der Waals surface area (Å²) in [5.74, 6) is -3.76. The molecule has 7 unspecified atom stereocenters. The number of hydrogen-bond donors (Lipinski definition) is 6. The second kappa shape index (κ2) is 10.7. The van der Waals surface area contributed by atoms with Gasteiger partial charge in [-0.2, -0.15) is 0 Å². The number of rotatable bonds is 5. The van der Waals surface area contributed by atoms with E-state index in [1.165, 1.54) is 33.5 Å². The van der Waals surface area contributed by atoms with E-state index in [0.717, 1.165) is 6.42 Å². The van der Waals surface area contributed by atoms with E-state index in [4.69, 9.17) is 23.7 Å². The van der Waals surface area contributed by atoms with Crippen molar-refractivity contribution in [3.05, 3.63) is 17.7 Å². The van der Waals surface area contributed by atoms with Crippen LogP contribution in [0.2, 0.25) is 0 Å². The predicted octanol–water partition coefficient (Wildman–Crippen LogP) is 1.36. The Kier molecular flexibility index (Phi) is 7.44. The summed E-state index contributed by atoms with van der Waals surface area (Å²) in [6, 6.07) is 2.54.